The number of alkyl halides is 3. The quantitative estimate of drug-likeness (QED) is 0.446. The molecule has 0 aromatic heterocycles. The Morgan fingerprint density at radius 1 is 1.10 bits per heavy atom. The van der Waals surface area contributed by atoms with E-state index in [9.17, 15) is 36.5 Å². The largest absolute Gasteiger partial charge is 0.406 e. The molecule has 31 heavy (non-hydrogen) atoms. The molecule has 0 radical (unpaired) electrons. The van der Waals surface area contributed by atoms with Gasteiger partial charge >= 0.3 is 6.18 Å². The lowest BCUT2D eigenvalue weighted by atomic mass is 10.1. The van der Waals surface area contributed by atoms with E-state index in [1.54, 1.807) is 19.1 Å². The number of halogens is 3. The van der Waals surface area contributed by atoms with Crippen molar-refractivity contribution in [2.75, 3.05) is 23.7 Å². The molecule has 0 atom stereocenters. The van der Waals surface area contributed by atoms with Crippen LogP contribution in [-0.2, 0) is 21.4 Å². The molecule has 1 amide bonds. The van der Waals surface area contributed by atoms with Crippen LogP contribution in [-0.4, -0.2) is 49.7 Å². The zero-order valence-corrected chi connectivity index (χ0v) is 17.5. The van der Waals surface area contributed by atoms with Crippen LogP contribution in [0, 0.1) is 17.0 Å². The number of nitro groups is 1. The van der Waals surface area contributed by atoms with Gasteiger partial charge in [-0.25, -0.2) is 8.42 Å². The predicted molar refractivity (Wildman–Crippen MR) is 108 cm³/mol. The number of nitro benzene ring substituents is 1. The Balaban J connectivity index is 2.41. The van der Waals surface area contributed by atoms with E-state index in [0.29, 0.717) is 14.8 Å². The van der Waals surface area contributed by atoms with Crippen LogP contribution in [0.4, 0.5) is 24.5 Å². The van der Waals surface area contributed by atoms with Crippen molar-refractivity contribution in [1.82, 2.24) is 4.90 Å². The molecule has 0 fully saturated rings. The summed E-state index contributed by atoms with van der Waals surface area (Å²) in [6, 6.07) is 11.3. The molecule has 8 nitrogen and oxygen atoms in total. The van der Waals surface area contributed by atoms with Crippen LogP contribution >= 0.6 is 0 Å². The van der Waals surface area contributed by atoms with Crippen LogP contribution in [0.5, 0.6) is 0 Å². The lowest BCUT2D eigenvalue weighted by molar-refractivity contribution is -0.385. The molecular weight excluding hydrogens is 439 g/mol. The number of nitrogens with zero attached hydrogens (tertiary/aromatic N) is 3. The average Bonchev–Trinajstić information content (AvgIpc) is 2.64. The molecule has 168 valence electrons. The Kier molecular flexibility index (Phi) is 7.26. The number of anilines is 1. The summed E-state index contributed by atoms with van der Waals surface area (Å²) >= 11 is 0. The Labute approximate surface area is 177 Å². The van der Waals surface area contributed by atoms with Gasteiger partial charge in [-0.3, -0.25) is 19.2 Å². The number of para-hydroxylation sites is 2. The monoisotopic (exact) mass is 459 g/mol. The summed E-state index contributed by atoms with van der Waals surface area (Å²) in [6.07, 6.45) is -3.96. The first kappa shape index (κ1) is 24.1. The summed E-state index contributed by atoms with van der Waals surface area (Å²) in [5.41, 5.74) is 0.103. The Bertz CT molecular complexity index is 1070. The van der Waals surface area contributed by atoms with E-state index >= 15 is 0 Å². The Morgan fingerprint density at radius 3 is 2.23 bits per heavy atom. The fraction of sp³-hybridized carbons (Fsp3) is 0.316. The molecule has 2 aromatic rings. The van der Waals surface area contributed by atoms with Gasteiger partial charge in [-0.1, -0.05) is 36.4 Å². The van der Waals surface area contributed by atoms with E-state index in [4.69, 9.17) is 0 Å². The number of carbonyl (C=O) groups is 1. The van der Waals surface area contributed by atoms with Crippen molar-refractivity contribution >= 4 is 27.3 Å². The van der Waals surface area contributed by atoms with Gasteiger partial charge in [0.15, 0.2) is 0 Å². The van der Waals surface area contributed by atoms with Gasteiger partial charge in [0.1, 0.15) is 13.1 Å². The van der Waals surface area contributed by atoms with E-state index < -0.39 is 52.4 Å². The van der Waals surface area contributed by atoms with Crippen LogP contribution < -0.4 is 4.31 Å². The third-order valence-electron chi connectivity index (χ3n) is 4.34. The Hall–Kier alpha value is -3.15. The molecule has 0 heterocycles. The second-order valence-electron chi connectivity index (χ2n) is 6.81. The summed E-state index contributed by atoms with van der Waals surface area (Å²) in [4.78, 5) is 23.6. The highest BCUT2D eigenvalue weighted by Gasteiger charge is 2.35. The summed E-state index contributed by atoms with van der Waals surface area (Å²) in [6.45, 7) is -1.69. The van der Waals surface area contributed by atoms with Crippen LogP contribution in [0.3, 0.4) is 0 Å². The summed E-state index contributed by atoms with van der Waals surface area (Å²) < 4.78 is 64.6. The number of hydrogen-bond donors (Lipinski definition) is 0. The molecule has 2 rings (SSSR count). The highest BCUT2D eigenvalue weighted by Crippen LogP contribution is 2.25. The second-order valence-corrected chi connectivity index (χ2v) is 8.71. The molecule has 0 saturated carbocycles. The number of carbonyl (C=O) groups excluding carboxylic acids is 1. The van der Waals surface area contributed by atoms with Gasteiger partial charge in [0, 0.05) is 11.6 Å². The number of amides is 1. The van der Waals surface area contributed by atoms with Crippen LogP contribution in [0.2, 0.25) is 0 Å². The molecule has 0 aliphatic heterocycles. The minimum absolute atomic E-state index is 0.105. The normalized spacial score (nSPS) is 11.8. The fourth-order valence-corrected chi connectivity index (χ4v) is 3.83. The SMILES string of the molecule is Cc1ccccc1N(CC(=O)N(Cc1ccccc1[N+](=O)[O-])CC(F)(F)F)S(C)(=O)=O. The molecule has 0 N–H and O–H groups in total. The number of sulfonamides is 1. The topological polar surface area (TPSA) is 101 Å². The lowest BCUT2D eigenvalue weighted by Crippen LogP contribution is -2.45. The van der Waals surface area contributed by atoms with Crippen LogP contribution in [0.25, 0.3) is 0 Å². The first-order chi connectivity index (χ1) is 14.3. The molecule has 0 bridgehead atoms. The van der Waals surface area contributed by atoms with E-state index in [1.165, 1.54) is 30.3 Å². The molecule has 0 unspecified atom stereocenters. The van der Waals surface area contributed by atoms with Crippen molar-refractivity contribution in [2.45, 2.75) is 19.6 Å². The molecule has 12 heteroatoms. The number of hydrogen-bond acceptors (Lipinski definition) is 5. The maximum Gasteiger partial charge on any atom is 0.406 e. The second kappa shape index (κ2) is 9.33. The maximum atomic E-state index is 13.1. The summed E-state index contributed by atoms with van der Waals surface area (Å²) in [5, 5.41) is 11.2. The molecular formula is C19H20F3N3O5S. The number of benzene rings is 2. The van der Waals surface area contributed by atoms with Gasteiger partial charge in [-0.15, -0.1) is 0 Å². The molecule has 0 saturated heterocycles. The first-order valence-electron chi connectivity index (χ1n) is 8.90. The van der Waals surface area contributed by atoms with Gasteiger partial charge in [0.25, 0.3) is 5.69 Å². The smallest absolute Gasteiger partial charge is 0.327 e. The highest BCUT2D eigenvalue weighted by molar-refractivity contribution is 7.92. The highest BCUT2D eigenvalue weighted by atomic mass is 32.2. The first-order valence-corrected chi connectivity index (χ1v) is 10.7. The fourth-order valence-electron chi connectivity index (χ4n) is 2.92. The number of aryl methyl sites for hydroxylation is 1. The van der Waals surface area contributed by atoms with E-state index in [-0.39, 0.29) is 11.3 Å². The van der Waals surface area contributed by atoms with Crippen LogP contribution in [0.1, 0.15) is 11.1 Å². The summed E-state index contributed by atoms with van der Waals surface area (Å²) in [7, 11) is -4.01. The predicted octanol–water partition coefficient (Wildman–Crippen LogP) is 3.26. The number of rotatable bonds is 8. The summed E-state index contributed by atoms with van der Waals surface area (Å²) in [5.74, 6) is -1.15. The Morgan fingerprint density at radius 2 is 1.68 bits per heavy atom. The van der Waals surface area contributed by atoms with E-state index in [1.807, 2.05) is 0 Å². The van der Waals surface area contributed by atoms with E-state index in [0.717, 1.165) is 12.3 Å². The van der Waals surface area contributed by atoms with Gasteiger partial charge in [-0.05, 0) is 18.6 Å². The van der Waals surface area contributed by atoms with Gasteiger partial charge in [0.05, 0.1) is 23.4 Å². The average molecular weight is 459 g/mol. The van der Waals surface area contributed by atoms with Gasteiger partial charge < -0.3 is 4.90 Å². The van der Waals surface area contributed by atoms with Crippen molar-refractivity contribution in [3.63, 3.8) is 0 Å². The third-order valence-corrected chi connectivity index (χ3v) is 5.46. The van der Waals surface area contributed by atoms with Crippen molar-refractivity contribution in [1.29, 1.82) is 0 Å². The molecule has 0 aliphatic carbocycles. The lowest BCUT2D eigenvalue weighted by Gasteiger charge is -2.29. The third kappa shape index (κ3) is 6.67. The van der Waals surface area contributed by atoms with Gasteiger partial charge in [-0.2, -0.15) is 13.2 Å². The molecule has 0 spiro atoms. The van der Waals surface area contributed by atoms with Crippen molar-refractivity contribution < 1.29 is 31.3 Å². The van der Waals surface area contributed by atoms with Crippen LogP contribution in [0.15, 0.2) is 48.5 Å². The van der Waals surface area contributed by atoms with Crippen molar-refractivity contribution in [3.8, 4) is 0 Å². The van der Waals surface area contributed by atoms with E-state index in [2.05, 4.69) is 0 Å². The maximum absolute atomic E-state index is 13.1. The minimum Gasteiger partial charge on any atom is -0.327 e. The molecule has 0 aliphatic rings. The van der Waals surface area contributed by atoms with Gasteiger partial charge in [0.2, 0.25) is 15.9 Å². The minimum atomic E-state index is -4.79. The zero-order chi connectivity index (χ0) is 23.4. The molecule has 2 aromatic carbocycles. The van der Waals surface area contributed by atoms with Crippen molar-refractivity contribution in [3.05, 3.63) is 69.8 Å². The standard InChI is InChI=1S/C19H20F3N3O5S/c1-14-7-3-5-9-16(14)24(31(2,29)30)12-18(26)23(13-19(20,21)22)11-15-8-4-6-10-17(15)25(27)28/h3-10H,11-13H2,1-2H3. The zero-order valence-electron chi connectivity index (χ0n) is 16.7. The van der Waals surface area contributed by atoms with Crippen molar-refractivity contribution in [2.24, 2.45) is 0 Å².